The Balaban J connectivity index is 1.91. The molecule has 5 nitrogen and oxygen atoms in total. The third kappa shape index (κ3) is 6.01. The molecule has 0 saturated heterocycles. The van der Waals surface area contributed by atoms with E-state index >= 15 is 0 Å². The number of hydrogen-bond donors (Lipinski definition) is 2. The van der Waals surface area contributed by atoms with Crippen LogP contribution in [0.5, 0.6) is 0 Å². The van der Waals surface area contributed by atoms with E-state index in [0.717, 1.165) is 37.8 Å². The molecule has 1 heterocycles. The van der Waals surface area contributed by atoms with Crippen molar-refractivity contribution >= 4 is 5.91 Å². The van der Waals surface area contributed by atoms with Gasteiger partial charge in [0.2, 0.25) is 6.29 Å². The van der Waals surface area contributed by atoms with E-state index in [1.165, 1.54) is 12.1 Å². The zero-order chi connectivity index (χ0) is 22.4. The van der Waals surface area contributed by atoms with E-state index in [1.54, 1.807) is 6.08 Å². The van der Waals surface area contributed by atoms with Gasteiger partial charge in [-0.1, -0.05) is 25.0 Å². The van der Waals surface area contributed by atoms with Crippen LogP contribution < -0.4 is 5.32 Å². The highest BCUT2D eigenvalue weighted by Crippen LogP contribution is 2.40. The van der Waals surface area contributed by atoms with E-state index in [2.05, 4.69) is 5.32 Å². The van der Waals surface area contributed by atoms with Crippen LogP contribution in [0, 0.1) is 5.92 Å². The Morgan fingerprint density at radius 2 is 1.90 bits per heavy atom. The van der Waals surface area contributed by atoms with Gasteiger partial charge in [-0.3, -0.25) is 4.79 Å². The lowest BCUT2D eigenvalue weighted by Crippen LogP contribution is -2.41. The van der Waals surface area contributed by atoms with E-state index in [1.807, 2.05) is 6.92 Å². The van der Waals surface area contributed by atoms with Gasteiger partial charge in [-0.25, -0.2) is 0 Å². The zero-order valence-electron chi connectivity index (χ0n) is 17.7. The van der Waals surface area contributed by atoms with Gasteiger partial charge in [-0.15, -0.1) is 0 Å². The lowest BCUT2D eigenvalue weighted by Gasteiger charge is -2.37. The molecule has 1 amide bonds. The number of rotatable bonds is 8. The quantitative estimate of drug-likeness (QED) is 0.623. The molecule has 3 rings (SSSR count). The summed E-state index contributed by atoms with van der Waals surface area (Å²) in [6.07, 6.45) is 1.58. The van der Waals surface area contributed by atoms with Crippen molar-refractivity contribution in [2.75, 3.05) is 13.2 Å². The molecular weight excluding hydrogens is 411 g/mol. The van der Waals surface area contributed by atoms with Crippen molar-refractivity contribution in [1.82, 2.24) is 5.32 Å². The summed E-state index contributed by atoms with van der Waals surface area (Å²) in [7, 11) is 0. The number of hydrogen-bond acceptors (Lipinski definition) is 4. The first-order chi connectivity index (χ1) is 14.8. The van der Waals surface area contributed by atoms with Gasteiger partial charge in [0.15, 0.2) is 5.76 Å². The summed E-state index contributed by atoms with van der Waals surface area (Å²) in [5.74, 6) is -0.806. The number of ether oxygens (including phenoxy) is 2. The van der Waals surface area contributed by atoms with Crippen LogP contribution in [-0.2, 0) is 20.4 Å². The van der Waals surface area contributed by atoms with Crippen LogP contribution in [0.15, 0.2) is 36.1 Å². The summed E-state index contributed by atoms with van der Waals surface area (Å²) in [6.45, 7) is 2.15. The average molecular weight is 441 g/mol. The van der Waals surface area contributed by atoms with Gasteiger partial charge in [0.05, 0.1) is 5.56 Å². The van der Waals surface area contributed by atoms with Gasteiger partial charge in [-0.2, -0.15) is 13.2 Å². The van der Waals surface area contributed by atoms with Crippen LogP contribution in [0.1, 0.15) is 62.5 Å². The third-order valence-corrected chi connectivity index (χ3v) is 5.95. The van der Waals surface area contributed by atoms with E-state index in [-0.39, 0.29) is 36.2 Å². The lowest BCUT2D eigenvalue weighted by atomic mass is 9.80. The highest BCUT2D eigenvalue weighted by Gasteiger charge is 2.39. The molecule has 2 aliphatic rings. The Morgan fingerprint density at radius 3 is 2.48 bits per heavy atom. The van der Waals surface area contributed by atoms with Crippen molar-refractivity contribution in [2.45, 2.75) is 69.9 Å². The minimum atomic E-state index is -4.42. The maximum absolute atomic E-state index is 13.0. The van der Waals surface area contributed by atoms with Crippen molar-refractivity contribution in [3.8, 4) is 0 Å². The molecule has 2 N–H and O–H groups in total. The lowest BCUT2D eigenvalue weighted by molar-refractivity contribution is -0.166. The summed E-state index contributed by atoms with van der Waals surface area (Å²) in [5.41, 5.74) is -0.0742. The topological polar surface area (TPSA) is 67.8 Å². The van der Waals surface area contributed by atoms with Crippen LogP contribution in [0.25, 0.3) is 0 Å². The Morgan fingerprint density at radius 1 is 1.23 bits per heavy atom. The first kappa shape index (κ1) is 23.6. The second kappa shape index (κ2) is 10.5. The van der Waals surface area contributed by atoms with Gasteiger partial charge in [0, 0.05) is 31.1 Å². The summed E-state index contributed by atoms with van der Waals surface area (Å²) >= 11 is 0. The summed E-state index contributed by atoms with van der Waals surface area (Å²) < 4.78 is 50.7. The molecule has 8 heteroatoms. The number of carbonyl (C=O) groups is 1. The molecule has 0 bridgehead atoms. The van der Waals surface area contributed by atoms with Crippen LogP contribution in [0.2, 0.25) is 0 Å². The molecule has 172 valence electrons. The standard InChI is InChI=1S/C23H30F3NO4/c1-2-30-22-18(8-5-13-28)19(15-9-11-16(12-10-15)23(24,25)26)14-20(31-22)21(29)27-17-6-3-4-7-17/h9-12,14,17-19,22,28H,2-8,13H2,1H3,(H,27,29)/t18-,19-,22-/m1/s1. The van der Waals surface area contributed by atoms with Gasteiger partial charge in [0.1, 0.15) is 0 Å². The Hall–Kier alpha value is -2.06. The molecule has 31 heavy (non-hydrogen) atoms. The van der Waals surface area contributed by atoms with Crippen molar-refractivity contribution in [2.24, 2.45) is 5.92 Å². The molecule has 1 saturated carbocycles. The molecule has 0 radical (unpaired) electrons. The number of aliphatic hydroxyl groups excluding tert-OH is 1. The average Bonchev–Trinajstić information content (AvgIpc) is 3.25. The molecule has 1 aromatic carbocycles. The maximum atomic E-state index is 13.0. The fraction of sp³-hybridized carbons (Fsp3) is 0.609. The molecule has 0 unspecified atom stereocenters. The highest BCUT2D eigenvalue weighted by molar-refractivity contribution is 5.92. The fourth-order valence-corrected chi connectivity index (χ4v) is 4.37. The predicted octanol–water partition coefficient (Wildman–Crippen LogP) is 4.51. The first-order valence-electron chi connectivity index (χ1n) is 10.9. The predicted molar refractivity (Wildman–Crippen MR) is 109 cm³/mol. The third-order valence-electron chi connectivity index (χ3n) is 5.95. The van der Waals surface area contributed by atoms with E-state index < -0.39 is 18.0 Å². The summed E-state index contributed by atoms with van der Waals surface area (Å²) in [4.78, 5) is 12.8. The number of aliphatic hydroxyl groups is 1. The molecule has 1 aliphatic heterocycles. The van der Waals surface area contributed by atoms with Gasteiger partial charge in [0.25, 0.3) is 5.91 Å². The molecular formula is C23H30F3NO4. The summed E-state index contributed by atoms with van der Waals surface area (Å²) in [5, 5.41) is 12.3. The molecule has 3 atom stereocenters. The minimum absolute atomic E-state index is 0.0200. The smallest absolute Gasteiger partial charge is 0.416 e. The fourth-order valence-electron chi connectivity index (χ4n) is 4.37. The Kier molecular flexibility index (Phi) is 8.00. The van der Waals surface area contributed by atoms with Crippen LogP contribution in [-0.4, -0.2) is 36.6 Å². The molecule has 0 spiro atoms. The van der Waals surface area contributed by atoms with Crippen molar-refractivity contribution < 1.29 is 32.5 Å². The highest BCUT2D eigenvalue weighted by atomic mass is 19.4. The number of halogens is 3. The van der Waals surface area contributed by atoms with Crippen LogP contribution in [0.4, 0.5) is 13.2 Å². The SMILES string of the molecule is CCO[C@@H]1OC(C(=O)NC2CCCC2)=C[C@H](c2ccc(C(F)(F)F)cc2)[C@H]1CCCO. The largest absolute Gasteiger partial charge is 0.459 e. The number of benzene rings is 1. The number of amides is 1. The van der Waals surface area contributed by atoms with Gasteiger partial charge < -0.3 is 19.9 Å². The van der Waals surface area contributed by atoms with E-state index in [0.29, 0.717) is 25.0 Å². The molecule has 1 fully saturated rings. The number of allylic oxidation sites excluding steroid dienone is 1. The van der Waals surface area contributed by atoms with Crippen LogP contribution >= 0.6 is 0 Å². The maximum Gasteiger partial charge on any atom is 0.416 e. The summed E-state index contributed by atoms with van der Waals surface area (Å²) in [6, 6.07) is 5.10. The molecule has 1 aliphatic carbocycles. The first-order valence-corrected chi connectivity index (χ1v) is 10.9. The monoisotopic (exact) mass is 441 g/mol. The van der Waals surface area contributed by atoms with E-state index in [4.69, 9.17) is 9.47 Å². The second-order valence-corrected chi connectivity index (χ2v) is 8.10. The number of nitrogens with one attached hydrogen (secondary N) is 1. The van der Waals surface area contributed by atoms with Gasteiger partial charge >= 0.3 is 6.18 Å². The van der Waals surface area contributed by atoms with Crippen molar-refractivity contribution in [1.29, 1.82) is 0 Å². The number of carbonyl (C=O) groups excluding carboxylic acids is 1. The Bertz CT molecular complexity index is 757. The van der Waals surface area contributed by atoms with Crippen molar-refractivity contribution in [3.63, 3.8) is 0 Å². The Labute approximate surface area is 180 Å². The van der Waals surface area contributed by atoms with Gasteiger partial charge in [-0.05, 0) is 56.4 Å². The number of alkyl halides is 3. The second-order valence-electron chi connectivity index (χ2n) is 8.10. The zero-order valence-corrected chi connectivity index (χ0v) is 17.7. The van der Waals surface area contributed by atoms with E-state index in [9.17, 15) is 23.1 Å². The molecule has 0 aromatic heterocycles. The van der Waals surface area contributed by atoms with Crippen LogP contribution in [0.3, 0.4) is 0 Å². The normalized spacial score (nSPS) is 24.5. The minimum Gasteiger partial charge on any atom is -0.459 e. The van der Waals surface area contributed by atoms with Crippen molar-refractivity contribution in [3.05, 3.63) is 47.2 Å². The molecule has 1 aromatic rings.